The summed E-state index contributed by atoms with van der Waals surface area (Å²) in [4.78, 5) is 0. The summed E-state index contributed by atoms with van der Waals surface area (Å²) in [6, 6.07) is 6.46. The molecular weight excluding hydrogens is 268 g/mol. The van der Waals surface area contributed by atoms with Crippen molar-refractivity contribution in [3.05, 3.63) is 46.5 Å². The van der Waals surface area contributed by atoms with Crippen LogP contribution in [0.25, 0.3) is 0 Å². The molecule has 0 atom stereocenters. The molecule has 2 aliphatic rings. The molecule has 0 aromatic heterocycles. The molecule has 0 saturated heterocycles. The van der Waals surface area contributed by atoms with E-state index >= 15 is 0 Å². The zero-order valence-corrected chi connectivity index (χ0v) is 11.8. The Kier molecular flexibility index (Phi) is 1.93. The average molecular weight is 284 g/mol. The van der Waals surface area contributed by atoms with Gasteiger partial charge in [0.2, 0.25) is 0 Å². The minimum absolute atomic E-state index is 0.129. The number of hydrogen-bond donors (Lipinski definition) is 4. The van der Waals surface area contributed by atoms with Crippen LogP contribution in [0, 0.1) is 0 Å². The molecule has 4 N–H and O–H groups in total. The summed E-state index contributed by atoms with van der Waals surface area (Å²) >= 11 is 0. The highest BCUT2D eigenvalue weighted by atomic mass is 16.3. The topological polar surface area (TPSA) is 80.9 Å². The number of phenolic OH excluding ortho intramolecular Hbond substituents is 4. The third-order valence-corrected chi connectivity index (χ3v) is 5.31. The van der Waals surface area contributed by atoms with Crippen molar-refractivity contribution in [1.82, 2.24) is 0 Å². The van der Waals surface area contributed by atoms with Crippen LogP contribution in [0.5, 0.6) is 23.0 Å². The zero-order valence-electron chi connectivity index (χ0n) is 11.8. The maximum Gasteiger partial charge on any atom is 0.157 e. The van der Waals surface area contributed by atoms with Gasteiger partial charge in [-0.05, 0) is 52.9 Å². The minimum Gasteiger partial charge on any atom is -0.504 e. The van der Waals surface area contributed by atoms with Gasteiger partial charge >= 0.3 is 0 Å². The number of benzene rings is 2. The summed E-state index contributed by atoms with van der Waals surface area (Å²) in [5, 5.41) is 39.3. The molecule has 4 nitrogen and oxygen atoms in total. The van der Waals surface area contributed by atoms with E-state index in [0.717, 1.165) is 28.7 Å². The second-order valence-corrected chi connectivity index (χ2v) is 6.61. The van der Waals surface area contributed by atoms with Crippen molar-refractivity contribution in [3.8, 4) is 23.0 Å². The van der Waals surface area contributed by atoms with E-state index in [1.54, 1.807) is 24.3 Å². The average Bonchev–Trinajstić information content (AvgIpc) is 2.76. The fourth-order valence-corrected chi connectivity index (χ4v) is 4.36. The van der Waals surface area contributed by atoms with Crippen molar-refractivity contribution in [2.75, 3.05) is 0 Å². The molecule has 0 unspecified atom stereocenters. The lowest BCUT2D eigenvalue weighted by Crippen LogP contribution is -2.21. The molecule has 2 aromatic rings. The summed E-state index contributed by atoms with van der Waals surface area (Å²) in [6.07, 6.45) is 0.788. The van der Waals surface area contributed by atoms with Gasteiger partial charge in [-0.15, -0.1) is 0 Å². The summed E-state index contributed by atoms with van der Waals surface area (Å²) < 4.78 is 0. The van der Waals surface area contributed by atoms with Crippen molar-refractivity contribution < 1.29 is 20.4 Å². The predicted molar refractivity (Wildman–Crippen MR) is 77.1 cm³/mol. The standard InChI is InChI=1S/C17H16O4/c1-16-7-17(2,10-5-14(20)12(18)3-8(10)16)11-6-15(21)13(19)4-9(11)16/h3-6,18-21H,7H2,1-2H3. The first-order valence-electron chi connectivity index (χ1n) is 6.91. The van der Waals surface area contributed by atoms with Crippen molar-refractivity contribution in [2.24, 2.45) is 0 Å². The molecule has 2 bridgehead atoms. The lowest BCUT2D eigenvalue weighted by Gasteiger charge is -2.30. The van der Waals surface area contributed by atoms with Crippen molar-refractivity contribution in [3.63, 3.8) is 0 Å². The number of phenols is 4. The first-order valence-corrected chi connectivity index (χ1v) is 6.91. The van der Waals surface area contributed by atoms with Crippen molar-refractivity contribution in [1.29, 1.82) is 0 Å². The van der Waals surface area contributed by atoms with Crippen LogP contribution in [-0.2, 0) is 10.8 Å². The lowest BCUT2D eigenvalue weighted by atomic mass is 9.73. The third kappa shape index (κ3) is 1.21. The van der Waals surface area contributed by atoms with Crippen LogP contribution in [-0.4, -0.2) is 20.4 Å². The Bertz CT molecular complexity index is 681. The second kappa shape index (κ2) is 3.27. The number of hydrogen-bond acceptors (Lipinski definition) is 4. The van der Waals surface area contributed by atoms with Crippen LogP contribution in [0.1, 0.15) is 42.5 Å². The van der Waals surface area contributed by atoms with Gasteiger partial charge in [0.1, 0.15) is 0 Å². The highest BCUT2D eigenvalue weighted by molar-refractivity contribution is 5.70. The van der Waals surface area contributed by atoms with Gasteiger partial charge in [-0.1, -0.05) is 13.8 Å². The van der Waals surface area contributed by atoms with Crippen molar-refractivity contribution in [2.45, 2.75) is 31.1 Å². The van der Waals surface area contributed by atoms with E-state index in [9.17, 15) is 20.4 Å². The smallest absolute Gasteiger partial charge is 0.157 e. The van der Waals surface area contributed by atoms with Gasteiger partial charge in [0.25, 0.3) is 0 Å². The van der Waals surface area contributed by atoms with Crippen LogP contribution in [0.3, 0.4) is 0 Å². The van der Waals surface area contributed by atoms with Crippen LogP contribution in [0.2, 0.25) is 0 Å². The van der Waals surface area contributed by atoms with E-state index in [4.69, 9.17) is 0 Å². The molecule has 0 aliphatic heterocycles. The van der Waals surface area contributed by atoms with E-state index in [0.29, 0.717) is 0 Å². The van der Waals surface area contributed by atoms with Gasteiger partial charge in [-0.25, -0.2) is 0 Å². The van der Waals surface area contributed by atoms with Gasteiger partial charge < -0.3 is 20.4 Å². The van der Waals surface area contributed by atoms with Crippen LogP contribution in [0.15, 0.2) is 24.3 Å². The van der Waals surface area contributed by atoms with Gasteiger partial charge in [0.05, 0.1) is 0 Å². The van der Waals surface area contributed by atoms with Gasteiger partial charge in [0.15, 0.2) is 23.0 Å². The number of aromatic hydroxyl groups is 4. The predicted octanol–water partition coefficient (Wildman–Crippen LogP) is 2.84. The minimum atomic E-state index is -0.338. The Balaban J connectivity index is 2.10. The van der Waals surface area contributed by atoms with Gasteiger partial charge in [0, 0.05) is 10.8 Å². The summed E-state index contributed by atoms with van der Waals surface area (Å²) in [6.45, 7) is 4.13. The molecule has 21 heavy (non-hydrogen) atoms. The SMILES string of the molecule is CC12CC(C)(c3cc(O)c(O)cc31)c1cc(O)c(O)cc12. The molecule has 0 heterocycles. The van der Waals surface area contributed by atoms with Crippen LogP contribution < -0.4 is 0 Å². The molecule has 4 heteroatoms. The van der Waals surface area contributed by atoms with Gasteiger partial charge in [-0.3, -0.25) is 0 Å². The van der Waals surface area contributed by atoms with E-state index in [1.165, 1.54) is 0 Å². The second-order valence-electron chi connectivity index (χ2n) is 6.61. The van der Waals surface area contributed by atoms with Gasteiger partial charge in [-0.2, -0.15) is 0 Å². The largest absolute Gasteiger partial charge is 0.504 e. The van der Waals surface area contributed by atoms with E-state index in [1.807, 2.05) is 0 Å². The fraction of sp³-hybridized carbons (Fsp3) is 0.294. The number of fused-ring (bicyclic) bond motifs is 8. The lowest BCUT2D eigenvalue weighted by molar-refractivity contribution is 0.399. The van der Waals surface area contributed by atoms with E-state index < -0.39 is 0 Å². The Morgan fingerprint density at radius 2 is 0.857 bits per heavy atom. The Labute approximate surface area is 121 Å². The highest BCUT2D eigenvalue weighted by Gasteiger charge is 2.57. The van der Waals surface area contributed by atoms with E-state index in [2.05, 4.69) is 13.8 Å². The molecule has 0 spiro atoms. The maximum absolute atomic E-state index is 9.82. The summed E-state index contributed by atoms with van der Waals surface area (Å²) in [5.74, 6) is -0.516. The maximum atomic E-state index is 9.82. The molecule has 0 fully saturated rings. The molecule has 2 aliphatic carbocycles. The Morgan fingerprint density at radius 3 is 1.10 bits per heavy atom. The molecular formula is C17H16O4. The summed E-state index contributed by atoms with van der Waals surface area (Å²) in [7, 11) is 0. The first-order chi connectivity index (χ1) is 9.77. The normalized spacial score (nSPS) is 28.5. The highest BCUT2D eigenvalue weighted by Crippen LogP contribution is 2.65. The molecule has 4 rings (SSSR count). The molecule has 108 valence electrons. The Hall–Kier alpha value is -2.36. The molecule has 0 saturated carbocycles. The monoisotopic (exact) mass is 284 g/mol. The quantitative estimate of drug-likeness (QED) is 0.561. The van der Waals surface area contributed by atoms with Crippen LogP contribution >= 0.6 is 0 Å². The zero-order chi connectivity index (χ0) is 15.2. The molecule has 2 aromatic carbocycles. The fourth-order valence-electron chi connectivity index (χ4n) is 4.36. The number of rotatable bonds is 0. The summed E-state index contributed by atoms with van der Waals surface area (Å²) in [5.41, 5.74) is 3.21. The molecule has 0 amide bonds. The van der Waals surface area contributed by atoms with Crippen molar-refractivity contribution >= 4 is 0 Å². The third-order valence-electron chi connectivity index (χ3n) is 5.31. The molecule has 0 radical (unpaired) electrons. The van der Waals surface area contributed by atoms with E-state index in [-0.39, 0.29) is 33.8 Å². The first kappa shape index (κ1) is 12.4. The van der Waals surface area contributed by atoms with Crippen LogP contribution in [0.4, 0.5) is 0 Å². The Morgan fingerprint density at radius 1 is 0.619 bits per heavy atom.